The first-order valence-electron chi connectivity index (χ1n) is 6.56. The average molecular weight is 300 g/mol. The van der Waals surface area contributed by atoms with Crippen molar-refractivity contribution in [1.29, 1.82) is 0 Å². The summed E-state index contributed by atoms with van der Waals surface area (Å²) in [5.41, 5.74) is 6.26. The van der Waals surface area contributed by atoms with Crippen LogP contribution in [0.15, 0.2) is 23.1 Å². The van der Waals surface area contributed by atoms with E-state index in [4.69, 9.17) is 15.2 Å². The smallest absolute Gasteiger partial charge is 0.240 e. The molecule has 0 amide bonds. The monoisotopic (exact) mass is 300 g/mol. The highest BCUT2D eigenvalue weighted by molar-refractivity contribution is 7.89. The zero-order valence-electron chi connectivity index (χ0n) is 11.5. The standard InChI is InChI=1S/C13H20N2O4S/c1-15-20(16,17)11-2-3-12(14)13(8-11)19-9-10-4-6-18-7-5-10/h2-3,8,10,15H,4-7,9,14H2,1H3. The van der Waals surface area contributed by atoms with Crippen molar-refractivity contribution in [2.24, 2.45) is 5.92 Å². The van der Waals surface area contributed by atoms with Crippen molar-refractivity contribution < 1.29 is 17.9 Å². The third-order valence-corrected chi connectivity index (χ3v) is 4.79. The number of anilines is 1. The first-order valence-corrected chi connectivity index (χ1v) is 8.05. The third kappa shape index (κ3) is 3.62. The van der Waals surface area contributed by atoms with Crippen LogP contribution >= 0.6 is 0 Å². The van der Waals surface area contributed by atoms with Crippen LogP contribution in [0.3, 0.4) is 0 Å². The lowest BCUT2D eigenvalue weighted by molar-refractivity contribution is 0.0498. The van der Waals surface area contributed by atoms with E-state index in [1.54, 1.807) is 6.07 Å². The molecule has 1 aromatic carbocycles. The number of nitrogens with one attached hydrogen (secondary N) is 1. The topological polar surface area (TPSA) is 90.7 Å². The predicted octanol–water partition coefficient (Wildman–Crippen LogP) is 0.982. The molecule has 3 N–H and O–H groups in total. The van der Waals surface area contributed by atoms with Gasteiger partial charge in [0.15, 0.2) is 0 Å². The van der Waals surface area contributed by atoms with Crippen LogP contribution in [-0.4, -0.2) is 35.3 Å². The van der Waals surface area contributed by atoms with E-state index in [2.05, 4.69) is 4.72 Å². The summed E-state index contributed by atoms with van der Waals surface area (Å²) >= 11 is 0. The molecule has 6 nitrogen and oxygen atoms in total. The highest BCUT2D eigenvalue weighted by Crippen LogP contribution is 2.26. The van der Waals surface area contributed by atoms with Crippen molar-refractivity contribution in [2.45, 2.75) is 17.7 Å². The Balaban J connectivity index is 2.08. The van der Waals surface area contributed by atoms with Gasteiger partial charge in [0.1, 0.15) is 5.75 Å². The lowest BCUT2D eigenvalue weighted by atomic mass is 10.0. The third-order valence-electron chi connectivity index (χ3n) is 3.38. The molecule has 1 saturated heterocycles. The Labute approximate surface area is 119 Å². The molecular formula is C13H20N2O4S. The average Bonchev–Trinajstić information content (AvgIpc) is 2.47. The first kappa shape index (κ1) is 15.1. The van der Waals surface area contributed by atoms with E-state index in [9.17, 15) is 8.42 Å². The fourth-order valence-corrected chi connectivity index (χ4v) is 2.79. The van der Waals surface area contributed by atoms with Crippen molar-refractivity contribution in [1.82, 2.24) is 4.72 Å². The van der Waals surface area contributed by atoms with Crippen LogP contribution in [-0.2, 0) is 14.8 Å². The fourth-order valence-electron chi connectivity index (χ4n) is 2.05. The quantitative estimate of drug-likeness (QED) is 0.791. The van der Waals surface area contributed by atoms with Gasteiger partial charge < -0.3 is 15.2 Å². The van der Waals surface area contributed by atoms with E-state index in [0.717, 1.165) is 26.1 Å². The van der Waals surface area contributed by atoms with Gasteiger partial charge in [-0.2, -0.15) is 0 Å². The first-order chi connectivity index (χ1) is 9.53. The number of nitrogens with two attached hydrogens (primary N) is 1. The summed E-state index contributed by atoms with van der Waals surface area (Å²) in [6.45, 7) is 2.02. The minimum absolute atomic E-state index is 0.149. The summed E-state index contributed by atoms with van der Waals surface area (Å²) in [5.74, 6) is 0.834. The minimum atomic E-state index is -3.49. The normalized spacial score (nSPS) is 17.1. The maximum absolute atomic E-state index is 11.7. The fraction of sp³-hybridized carbons (Fsp3) is 0.538. The second-order valence-electron chi connectivity index (χ2n) is 4.77. The van der Waals surface area contributed by atoms with E-state index < -0.39 is 10.0 Å². The number of ether oxygens (including phenoxy) is 2. The summed E-state index contributed by atoms with van der Waals surface area (Å²) in [7, 11) is -2.12. The van der Waals surface area contributed by atoms with Crippen molar-refractivity contribution in [3.63, 3.8) is 0 Å². The summed E-state index contributed by atoms with van der Waals surface area (Å²) in [4.78, 5) is 0.149. The van der Waals surface area contributed by atoms with Gasteiger partial charge in [0.25, 0.3) is 0 Å². The molecule has 1 aliphatic rings. The highest BCUT2D eigenvalue weighted by Gasteiger charge is 2.17. The van der Waals surface area contributed by atoms with Crippen molar-refractivity contribution in [3.8, 4) is 5.75 Å². The minimum Gasteiger partial charge on any atom is -0.491 e. The van der Waals surface area contributed by atoms with Gasteiger partial charge in [-0.15, -0.1) is 0 Å². The van der Waals surface area contributed by atoms with Crippen LogP contribution in [0.4, 0.5) is 5.69 Å². The lowest BCUT2D eigenvalue weighted by Crippen LogP contribution is -2.22. The largest absolute Gasteiger partial charge is 0.491 e. The molecule has 0 bridgehead atoms. The molecule has 7 heteroatoms. The Hall–Kier alpha value is -1.31. The van der Waals surface area contributed by atoms with Crippen molar-refractivity contribution in [2.75, 3.05) is 32.6 Å². The molecule has 20 heavy (non-hydrogen) atoms. The number of benzene rings is 1. The van der Waals surface area contributed by atoms with Crippen LogP contribution in [0.5, 0.6) is 5.75 Å². The predicted molar refractivity (Wildman–Crippen MR) is 76.1 cm³/mol. The summed E-state index contributed by atoms with van der Waals surface area (Å²) in [6, 6.07) is 4.46. The number of hydrogen-bond acceptors (Lipinski definition) is 5. The second-order valence-corrected chi connectivity index (χ2v) is 6.66. The van der Waals surface area contributed by atoms with Gasteiger partial charge in [0.2, 0.25) is 10.0 Å². The van der Waals surface area contributed by atoms with E-state index >= 15 is 0 Å². The molecule has 2 rings (SSSR count). The molecule has 0 spiro atoms. The molecule has 0 aliphatic carbocycles. The van der Waals surface area contributed by atoms with Gasteiger partial charge in [-0.3, -0.25) is 0 Å². The molecular weight excluding hydrogens is 280 g/mol. The van der Waals surface area contributed by atoms with Crippen LogP contribution in [0, 0.1) is 5.92 Å². The van der Waals surface area contributed by atoms with Crippen molar-refractivity contribution in [3.05, 3.63) is 18.2 Å². The summed E-state index contributed by atoms with van der Waals surface area (Å²) in [6.07, 6.45) is 1.91. The van der Waals surface area contributed by atoms with Gasteiger partial charge in [-0.1, -0.05) is 0 Å². The Kier molecular flexibility index (Phi) is 4.85. The zero-order valence-corrected chi connectivity index (χ0v) is 12.3. The van der Waals surface area contributed by atoms with E-state index in [0.29, 0.717) is 24.0 Å². The zero-order chi connectivity index (χ0) is 14.6. The molecule has 112 valence electrons. The SMILES string of the molecule is CNS(=O)(=O)c1ccc(N)c(OCC2CCOCC2)c1. The molecule has 0 aromatic heterocycles. The number of rotatable bonds is 5. The van der Waals surface area contributed by atoms with Crippen LogP contribution in [0.1, 0.15) is 12.8 Å². The van der Waals surface area contributed by atoms with Gasteiger partial charge >= 0.3 is 0 Å². The summed E-state index contributed by atoms with van der Waals surface area (Å²) < 4.78 is 36.7. The second kappa shape index (κ2) is 6.43. The maximum atomic E-state index is 11.7. The van der Waals surface area contributed by atoms with E-state index in [-0.39, 0.29) is 4.90 Å². The lowest BCUT2D eigenvalue weighted by Gasteiger charge is -2.22. The number of hydrogen-bond donors (Lipinski definition) is 2. The van der Waals surface area contributed by atoms with Gasteiger partial charge in [-0.05, 0) is 37.9 Å². The molecule has 1 aliphatic heterocycles. The molecule has 1 fully saturated rings. The Bertz CT molecular complexity index is 553. The van der Waals surface area contributed by atoms with Crippen molar-refractivity contribution >= 4 is 15.7 Å². The van der Waals surface area contributed by atoms with E-state index in [1.807, 2.05) is 0 Å². The molecule has 0 radical (unpaired) electrons. The van der Waals surface area contributed by atoms with Gasteiger partial charge in [-0.25, -0.2) is 13.1 Å². The van der Waals surface area contributed by atoms with E-state index in [1.165, 1.54) is 19.2 Å². The van der Waals surface area contributed by atoms with Crippen LogP contribution < -0.4 is 15.2 Å². The maximum Gasteiger partial charge on any atom is 0.240 e. The number of sulfonamides is 1. The molecule has 0 atom stereocenters. The van der Waals surface area contributed by atoms with Crippen LogP contribution in [0.2, 0.25) is 0 Å². The summed E-state index contributed by atoms with van der Waals surface area (Å²) in [5, 5.41) is 0. The Morgan fingerprint density at radius 3 is 2.75 bits per heavy atom. The highest BCUT2D eigenvalue weighted by atomic mass is 32.2. The molecule has 1 heterocycles. The molecule has 0 unspecified atom stereocenters. The molecule has 0 saturated carbocycles. The number of nitrogen functional groups attached to an aromatic ring is 1. The Morgan fingerprint density at radius 2 is 2.10 bits per heavy atom. The molecule has 1 aromatic rings. The van der Waals surface area contributed by atoms with Crippen LogP contribution in [0.25, 0.3) is 0 Å². The Morgan fingerprint density at radius 1 is 1.40 bits per heavy atom. The van der Waals surface area contributed by atoms with Gasteiger partial charge in [0, 0.05) is 19.3 Å². The van der Waals surface area contributed by atoms with Gasteiger partial charge in [0.05, 0.1) is 17.2 Å².